The van der Waals surface area contributed by atoms with Crippen molar-refractivity contribution in [2.45, 2.75) is 58.3 Å². The van der Waals surface area contributed by atoms with E-state index in [4.69, 9.17) is 4.74 Å². The van der Waals surface area contributed by atoms with Crippen LogP contribution < -0.4 is 0 Å². The summed E-state index contributed by atoms with van der Waals surface area (Å²) in [6, 6.07) is 0. The van der Waals surface area contributed by atoms with Crippen LogP contribution in [0.1, 0.15) is 40.0 Å². The molecule has 1 saturated heterocycles. The summed E-state index contributed by atoms with van der Waals surface area (Å²) in [5.41, 5.74) is 1.52. The van der Waals surface area contributed by atoms with Gasteiger partial charge in [-0.1, -0.05) is 13.8 Å². The molecule has 0 amide bonds. The van der Waals surface area contributed by atoms with Gasteiger partial charge >= 0.3 is 5.97 Å². The van der Waals surface area contributed by atoms with E-state index in [1.807, 2.05) is 20.8 Å². The van der Waals surface area contributed by atoms with Crippen molar-refractivity contribution in [3.63, 3.8) is 0 Å². The fourth-order valence-electron chi connectivity index (χ4n) is 4.21. The number of ether oxygens (including phenoxy) is 1. The molecule has 0 radical (unpaired) electrons. The van der Waals surface area contributed by atoms with Crippen molar-refractivity contribution >= 4 is 5.97 Å². The zero-order chi connectivity index (χ0) is 13.9. The minimum Gasteiger partial charge on any atom is -0.457 e. The van der Waals surface area contributed by atoms with Crippen molar-refractivity contribution < 1.29 is 19.7 Å². The first kappa shape index (κ1) is 13.1. The summed E-state index contributed by atoms with van der Waals surface area (Å²) in [5, 5.41) is 20.5. The van der Waals surface area contributed by atoms with Crippen LogP contribution in [0.5, 0.6) is 0 Å². The molecule has 3 aliphatic rings. The van der Waals surface area contributed by atoms with E-state index in [-0.39, 0.29) is 29.3 Å². The highest BCUT2D eigenvalue weighted by Gasteiger charge is 2.56. The van der Waals surface area contributed by atoms with E-state index in [1.165, 1.54) is 0 Å². The summed E-state index contributed by atoms with van der Waals surface area (Å²) in [4.78, 5) is 11.8. The Balaban J connectivity index is 2.09. The lowest BCUT2D eigenvalue weighted by Gasteiger charge is -2.49. The lowest BCUT2D eigenvalue weighted by Crippen LogP contribution is -2.50. The maximum Gasteiger partial charge on any atom is 0.309 e. The number of aliphatic hydroxyl groups is 2. The summed E-state index contributed by atoms with van der Waals surface area (Å²) >= 11 is 0. The summed E-state index contributed by atoms with van der Waals surface area (Å²) in [6.07, 6.45) is 0.717. The molecule has 6 atom stereocenters. The van der Waals surface area contributed by atoms with Crippen molar-refractivity contribution in [3.8, 4) is 0 Å². The predicted octanol–water partition coefficient (Wildman–Crippen LogP) is 1.41. The Hall–Kier alpha value is -0.870. The number of hydrogen-bond donors (Lipinski definition) is 2. The first-order chi connectivity index (χ1) is 8.86. The number of fused-ring (bicyclic) bond motifs is 3. The van der Waals surface area contributed by atoms with Gasteiger partial charge in [-0.15, -0.1) is 0 Å². The number of carbonyl (C=O) groups is 1. The van der Waals surface area contributed by atoms with Gasteiger partial charge in [0.05, 0.1) is 18.1 Å². The average Bonchev–Trinajstić information content (AvgIpc) is 2.63. The molecule has 0 unspecified atom stereocenters. The van der Waals surface area contributed by atoms with Gasteiger partial charge in [0.1, 0.15) is 6.10 Å². The second-order valence-corrected chi connectivity index (χ2v) is 6.63. The molecule has 2 aliphatic carbocycles. The van der Waals surface area contributed by atoms with Gasteiger partial charge in [-0.3, -0.25) is 4.79 Å². The molecule has 1 aliphatic heterocycles. The monoisotopic (exact) mass is 266 g/mol. The zero-order valence-corrected chi connectivity index (χ0v) is 11.7. The normalized spacial score (nSPS) is 49.7. The number of rotatable bonds is 0. The van der Waals surface area contributed by atoms with Gasteiger partial charge in [0.25, 0.3) is 0 Å². The van der Waals surface area contributed by atoms with Crippen LogP contribution in [0.2, 0.25) is 0 Å². The molecule has 3 rings (SSSR count). The van der Waals surface area contributed by atoms with Crippen molar-refractivity contribution in [1.82, 2.24) is 0 Å². The maximum absolute atomic E-state index is 11.8. The first-order valence-electron chi connectivity index (χ1n) is 7.14. The second-order valence-electron chi connectivity index (χ2n) is 6.63. The largest absolute Gasteiger partial charge is 0.457 e. The summed E-state index contributed by atoms with van der Waals surface area (Å²) in [6.45, 7) is 5.86. The van der Waals surface area contributed by atoms with Crippen LogP contribution in [0.25, 0.3) is 0 Å². The van der Waals surface area contributed by atoms with Crippen molar-refractivity contribution in [3.05, 3.63) is 11.1 Å². The molecule has 4 nitrogen and oxygen atoms in total. The summed E-state index contributed by atoms with van der Waals surface area (Å²) in [7, 11) is 0. The van der Waals surface area contributed by atoms with Crippen molar-refractivity contribution in [1.29, 1.82) is 0 Å². The molecule has 0 aromatic rings. The van der Waals surface area contributed by atoms with E-state index in [9.17, 15) is 15.0 Å². The van der Waals surface area contributed by atoms with Crippen LogP contribution in [0.15, 0.2) is 11.1 Å². The van der Waals surface area contributed by atoms with Gasteiger partial charge < -0.3 is 14.9 Å². The second kappa shape index (κ2) is 4.06. The predicted molar refractivity (Wildman–Crippen MR) is 69.2 cm³/mol. The van der Waals surface area contributed by atoms with Gasteiger partial charge in [0.2, 0.25) is 0 Å². The van der Waals surface area contributed by atoms with E-state index in [2.05, 4.69) is 0 Å². The highest BCUT2D eigenvalue weighted by molar-refractivity contribution is 5.75. The minimum absolute atomic E-state index is 0.0777. The molecule has 0 bridgehead atoms. The molecule has 1 heterocycles. The SMILES string of the molecule is CC1=C2[C@H]3OC(=O)[C@@H](C)[C@@H]3CC[C@@]2(C)[C@H](O)C[C@H]1O. The third kappa shape index (κ3) is 1.62. The zero-order valence-electron chi connectivity index (χ0n) is 11.7. The standard InChI is InChI=1S/C15H22O4/c1-7-9-4-5-15(3)11(17)6-10(16)8(2)12(15)13(9)19-14(7)18/h7,9-11,13,16-17H,4-6H2,1-3H3/t7-,9-,10+,11+,13-,15-/m0/s1. The quantitative estimate of drug-likeness (QED) is 0.514. The Bertz CT molecular complexity index is 455. The van der Waals surface area contributed by atoms with E-state index >= 15 is 0 Å². The maximum atomic E-state index is 11.8. The van der Waals surface area contributed by atoms with Crippen LogP contribution in [0.4, 0.5) is 0 Å². The van der Waals surface area contributed by atoms with E-state index in [0.29, 0.717) is 6.42 Å². The van der Waals surface area contributed by atoms with Crippen molar-refractivity contribution in [2.75, 3.05) is 0 Å². The van der Waals surface area contributed by atoms with Crippen LogP contribution in [0.3, 0.4) is 0 Å². The van der Waals surface area contributed by atoms with E-state index in [0.717, 1.165) is 24.0 Å². The molecule has 0 spiro atoms. The van der Waals surface area contributed by atoms with Crippen molar-refractivity contribution in [2.24, 2.45) is 17.3 Å². The Labute approximate surface area is 113 Å². The summed E-state index contributed by atoms with van der Waals surface area (Å²) < 4.78 is 5.56. The van der Waals surface area contributed by atoms with E-state index in [1.54, 1.807) is 0 Å². The number of hydrogen-bond acceptors (Lipinski definition) is 4. The van der Waals surface area contributed by atoms with Crippen LogP contribution in [0, 0.1) is 17.3 Å². The Morgan fingerprint density at radius 1 is 1.37 bits per heavy atom. The molecular weight excluding hydrogens is 244 g/mol. The molecule has 0 aromatic carbocycles. The molecule has 2 fully saturated rings. The fraction of sp³-hybridized carbons (Fsp3) is 0.800. The van der Waals surface area contributed by atoms with E-state index < -0.39 is 12.2 Å². The Morgan fingerprint density at radius 3 is 2.74 bits per heavy atom. The molecule has 106 valence electrons. The molecule has 1 saturated carbocycles. The van der Waals surface area contributed by atoms with Gasteiger partial charge in [-0.2, -0.15) is 0 Å². The Kier molecular flexibility index (Phi) is 2.81. The molecule has 0 aromatic heterocycles. The smallest absolute Gasteiger partial charge is 0.309 e. The number of carbonyl (C=O) groups excluding carboxylic acids is 1. The highest BCUT2D eigenvalue weighted by Crippen LogP contribution is 2.55. The summed E-state index contributed by atoms with van der Waals surface area (Å²) in [5.74, 6) is -0.0248. The Morgan fingerprint density at radius 2 is 2.05 bits per heavy atom. The fourth-order valence-corrected chi connectivity index (χ4v) is 4.21. The highest BCUT2D eigenvalue weighted by atomic mass is 16.6. The van der Waals surface area contributed by atoms with Crippen LogP contribution in [-0.4, -0.2) is 34.5 Å². The molecule has 2 N–H and O–H groups in total. The third-order valence-electron chi connectivity index (χ3n) is 5.65. The number of aliphatic hydroxyl groups excluding tert-OH is 2. The lowest BCUT2D eigenvalue weighted by atomic mass is 9.58. The number of esters is 1. The van der Waals surface area contributed by atoms with Crippen LogP contribution >= 0.6 is 0 Å². The molecule has 19 heavy (non-hydrogen) atoms. The third-order valence-corrected chi connectivity index (χ3v) is 5.65. The van der Waals surface area contributed by atoms with Gasteiger partial charge in [-0.25, -0.2) is 0 Å². The van der Waals surface area contributed by atoms with Gasteiger partial charge in [-0.05, 0) is 30.9 Å². The lowest BCUT2D eigenvalue weighted by molar-refractivity contribution is -0.144. The van der Waals surface area contributed by atoms with Gasteiger partial charge in [0, 0.05) is 17.8 Å². The molecular formula is C15H22O4. The van der Waals surface area contributed by atoms with Crippen LogP contribution in [-0.2, 0) is 9.53 Å². The minimum atomic E-state index is -0.619. The first-order valence-corrected chi connectivity index (χ1v) is 7.14. The molecule has 4 heteroatoms. The average molecular weight is 266 g/mol. The van der Waals surface area contributed by atoms with Gasteiger partial charge in [0.15, 0.2) is 0 Å². The topological polar surface area (TPSA) is 66.8 Å².